The van der Waals surface area contributed by atoms with Gasteiger partial charge in [0.15, 0.2) is 5.78 Å². The molecule has 98 valence electrons. The summed E-state index contributed by atoms with van der Waals surface area (Å²) in [5.74, 6) is 0.0905. The Bertz CT molecular complexity index is 817. The maximum absolute atomic E-state index is 12.7. The van der Waals surface area contributed by atoms with E-state index in [2.05, 4.69) is 0 Å². The Labute approximate surface area is 120 Å². The third kappa shape index (κ3) is 1.79. The average Bonchev–Trinajstić information content (AvgIpc) is 3.13. The lowest BCUT2D eigenvalue weighted by Crippen LogP contribution is -2.02. The maximum Gasteiger partial charge on any atom is 0.194 e. The molecule has 0 saturated heterocycles. The molecule has 0 spiro atoms. The van der Waals surface area contributed by atoms with Gasteiger partial charge in [-0.1, -0.05) is 24.3 Å². The molecule has 0 unspecified atom stereocenters. The molecule has 3 aromatic rings. The minimum Gasteiger partial charge on any atom is -0.372 e. The number of benzene rings is 2. The lowest BCUT2D eigenvalue weighted by Gasteiger charge is -2.05. The number of ketones is 1. The molecular formula is C17H12O2S. The highest BCUT2D eigenvalue weighted by atomic mass is 32.1. The van der Waals surface area contributed by atoms with E-state index in [0.29, 0.717) is 13.2 Å². The number of hydrogen-bond donors (Lipinski definition) is 0. The second kappa shape index (κ2) is 4.54. The van der Waals surface area contributed by atoms with Gasteiger partial charge >= 0.3 is 0 Å². The molecule has 0 aliphatic carbocycles. The monoisotopic (exact) mass is 280 g/mol. The molecule has 0 N–H and O–H groups in total. The van der Waals surface area contributed by atoms with Gasteiger partial charge in [-0.05, 0) is 40.1 Å². The summed E-state index contributed by atoms with van der Waals surface area (Å²) in [4.78, 5) is 12.7. The third-order valence-electron chi connectivity index (χ3n) is 3.71. The third-order valence-corrected chi connectivity index (χ3v) is 4.67. The number of thiophene rings is 1. The van der Waals surface area contributed by atoms with Crippen molar-refractivity contribution in [3.05, 3.63) is 70.1 Å². The summed E-state index contributed by atoms with van der Waals surface area (Å²) in [6, 6.07) is 13.8. The van der Waals surface area contributed by atoms with Crippen LogP contribution in [0, 0.1) is 0 Å². The minimum atomic E-state index is 0.0905. The summed E-state index contributed by atoms with van der Waals surface area (Å²) in [6.07, 6.45) is 0. The van der Waals surface area contributed by atoms with Gasteiger partial charge in [0.25, 0.3) is 0 Å². The van der Waals surface area contributed by atoms with E-state index in [9.17, 15) is 4.79 Å². The zero-order chi connectivity index (χ0) is 13.5. The molecule has 0 radical (unpaired) electrons. The van der Waals surface area contributed by atoms with Crippen molar-refractivity contribution in [2.24, 2.45) is 0 Å². The lowest BCUT2D eigenvalue weighted by molar-refractivity contribution is 0.104. The van der Waals surface area contributed by atoms with Crippen LogP contribution in [0.2, 0.25) is 0 Å². The fraction of sp³-hybridized carbons (Fsp3) is 0.118. The first kappa shape index (κ1) is 11.8. The molecule has 2 heterocycles. The van der Waals surface area contributed by atoms with Gasteiger partial charge in [0, 0.05) is 15.8 Å². The van der Waals surface area contributed by atoms with Crippen LogP contribution in [-0.2, 0) is 18.0 Å². The highest BCUT2D eigenvalue weighted by molar-refractivity contribution is 7.17. The van der Waals surface area contributed by atoms with Gasteiger partial charge in [0.1, 0.15) is 0 Å². The normalized spacial score (nSPS) is 13.6. The molecule has 0 atom stereocenters. The standard InChI is InChI=1S/C17H12O2S/c18-16(12-4-5-13-9-19-10-14(13)8-12)15-3-1-2-11-6-7-20-17(11)15/h1-8H,9-10H2. The summed E-state index contributed by atoms with van der Waals surface area (Å²) < 4.78 is 6.47. The van der Waals surface area contributed by atoms with Crippen LogP contribution in [0.5, 0.6) is 0 Å². The number of hydrogen-bond acceptors (Lipinski definition) is 3. The van der Waals surface area contributed by atoms with Crippen LogP contribution in [0.4, 0.5) is 0 Å². The Balaban J connectivity index is 1.82. The Hall–Kier alpha value is -1.97. The zero-order valence-electron chi connectivity index (χ0n) is 10.8. The molecule has 0 amide bonds. The molecule has 0 saturated carbocycles. The van der Waals surface area contributed by atoms with Crippen molar-refractivity contribution in [3.63, 3.8) is 0 Å². The lowest BCUT2D eigenvalue weighted by atomic mass is 9.99. The quantitative estimate of drug-likeness (QED) is 0.659. The van der Waals surface area contributed by atoms with Crippen LogP contribution in [0.15, 0.2) is 47.8 Å². The predicted octanol–water partition coefficient (Wildman–Crippen LogP) is 4.16. The fourth-order valence-corrected chi connectivity index (χ4v) is 3.55. The summed E-state index contributed by atoms with van der Waals surface area (Å²) in [7, 11) is 0. The molecule has 4 rings (SSSR count). The fourth-order valence-electron chi connectivity index (χ4n) is 2.64. The second-order valence-electron chi connectivity index (χ2n) is 4.95. The van der Waals surface area contributed by atoms with E-state index >= 15 is 0 Å². The van der Waals surface area contributed by atoms with E-state index in [-0.39, 0.29) is 5.78 Å². The van der Waals surface area contributed by atoms with Crippen LogP contribution in [0.1, 0.15) is 27.0 Å². The Morgan fingerprint density at radius 2 is 1.95 bits per heavy atom. The average molecular weight is 280 g/mol. The SMILES string of the molecule is O=C(c1ccc2c(c1)COC2)c1cccc2ccsc12. The Morgan fingerprint density at radius 3 is 2.90 bits per heavy atom. The van der Waals surface area contributed by atoms with Crippen molar-refractivity contribution >= 4 is 27.2 Å². The van der Waals surface area contributed by atoms with E-state index in [4.69, 9.17) is 4.74 Å². The van der Waals surface area contributed by atoms with Crippen molar-refractivity contribution in [2.75, 3.05) is 0 Å². The number of ether oxygens (including phenoxy) is 1. The van der Waals surface area contributed by atoms with Gasteiger partial charge in [-0.25, -0.2) is 0 Å². The van der Waals surface area contributed by atoms with E-state index in [1.165, 1.54) is 5.56 Å². The Kier molecular flexibility index (Phi) is 2.69. The molecule has 20 heavy (non-hydrogen) atoms. The van der Waals surface area contributed by atoms with Gasteiger partial charge in [0.2, 0.25) is 0 Å². The predicted molar refractivity (Wildman–Crippen MR) is 80.2 cm³/mol. The van der Waals surface area contributed by atoms with Gasteiger partial charge in [0.05, 0.1) is 13.2 Å². The van der Waals surface area contributed by atoms with Crippen molar-refractivity contribution in [1.29, 1.82) is 0 Å². The molecule has 2 aromatic carbocycles. The minimum absolute atomic E-state index is 0.0905. The first-order valence-electron chi connectivity index (χ1n) is 6.53. The number of fused-ring (bicyclic) bond motifs is 2. The van der Waals surface area contributed by atoms with Crippen LogP contribution < -0.4 is 0 Å². The van der Waals surface area contributed by atoms with Crippen molar-refractivity contribution in [2.45, 2.75) is 13.2 Å². The van der Waals surface area contributed by atoms with Crippen molar-refractivity contribution in [1.82, 2.24) is 0 Å². The summed E-state index contributed by atoms with van der Waals surface area (Å²) in [5.41, 5.74) is 3.86. The van der Waals surface area contributed by atoms with Gasteiger partial charge in [-0.15, -0.1) is 11.3 Å². The first-order valence-corrected chi connectivity index (χ1v) is 7.41. The van der Waals surface area contributed by atoms with Gasteiger partial charge in [-0.3, -0.25) is 4.79 Å². The number of carbonyl (C=O) groups is 1. The summed E-state index contributed by atoms with van der Waals surface area (Å²) in [5, 5.41) is 3.16. The van der Waals surface area contributed by atoms with Gasteiger partial charge in [-0.2, -0.15) is 0 Å². The molecule has 1 aliphatic rings. The van der Waals surface area contributed by atoms with E-state index in [0.717, 1.165) is 26.8 Å². The number of rotatable bonds is 2. The zero-order valence-corrected chi connectivity index (χ0v) is 11.6. The van der Waals surface area contributed by atoms with Crippen molar-refractivity contribution < 1.29 is 9.53 Å². The molecule has 2 nitrogen and oxygen atoms in total. The van der Waals surface area contributed by atoms with Crippen LogP contribution in [0.3, 0.4) is 0 Å². The summed E-state index contributed by atoms with van der Waals surface area (Å²) in [6.45, 7) is 1.27. The topological polar surface area (TPSA) is 26.3 Å². The first-order chi connectivity index (χ1) is 9.83. The maximum atomic E-state index is 12.7. The van der Waals surface area contributed by atoms with Crippen molar-refractivity contribution in [3.8, 4) is 0 Å². The van der Waals surface area contributed by atoms with Gasteiger partial charge < -0.3 is 4.74 Å². The molecule has 0 fully saturated rings. The molecular weight excluding hydrogens is 268 g/mol. The van der Waals surface area contributed by atoms with Crippen LogP contribution in [-0.4, -0.2) is 5.78 Å². The highest BCUT2D eigenvalue weighted by Crippen LogP contribution is 2.28. The van der Waals surface area contributed by atoms with E-state index in [1.807, 2.05) is 47.8 Å². The number of carbonyl (C=O) groups excluding carboxylic acids is 1. The second-order valence-corrected chi connectivity index (χ2v) is 5.87. The summed E-state index contributed by atoms with van der Waals surface area (Å²) >= 11 is 1.62. The van der Waals surface area contributed by atoms with Crippen LogP contribution in [0.25, 0.3) is 10.1 Å². The molecule has 0 bridgehead atoms. The van der Waals surface area contributed by atoms with Crippen LogP contribution >= 0.6 is 11.3 Å². The largest absolute Gasteiger partial charge is 0.372 e. The molecule has 1 aromatic heterocycles. The smallest absolute Gasteiger partial charge is 0.194 e. The highest BCUT2D eigenvalue weighted by Gasteiger charge is 2.17. The molecule has 3 heteroatoms. The molecule has 1 aliphatic heterocycles. The van der Waals surface area contributed by atoms with E-state index in [1.54, 1.807) is 11.3 Å². The van der Waals surface area contributed by atoms with E-state index < -0.39 is 0 Å². The Morgan fingerprint density at radius 1 is 1.05 bits per heavy atom.